The number of nitrogens with zero attached hydrogens (tertiary/aromatic N) is 4. The Bertz CT molecular complexity index is 710. The van der Waals surface area contributed by atoms with Gasteiger partial charge in [-0.2, -0.15) is 5.10 Å². The van der Waals surface area contributed by atoms with E-state index in [4.69, 9.17) is 0 Å². The van der Waals surface area contributed by atoms with Crippen molar-refractivity contribution in [2.24, 2.45) is 7.05 Å². The molecule has 0 unspecified atom stereocenters. The summed E-state index contributed by atoms with van der Waals surface area (Å²) in [5.74, 6) is -0.193. The molecule has 8 nitrogen and oxygen atoms in total. The summed E-state index contributed by atoms with van der Waals surface area (Å²) >= 11 is 0. The van der Waals surface area contributed by atoms with Crippen LogP contribution in [0, 0.1) is 0 Å². The molecular weight excluding hydrogens is 308 g/mol. The van der Waals surface area contributed by atoms with Crippen molar-refractivity contribution in [3.8, 4) is 0 Å². The molecule has 0 fully saturated rings. The van der Waals surface area contributed by atoms with Crippen LogP contribution < -0.4 is 10.6 Å². The third kappa shape index (κ3) is 4.88. The molecular formula is C16H22N6O2. The maximum atomic E-state index is 12.1. The Morgan fingerprint density at radius 3 is 2.67 bits per heavy atom. The van der Waals surface area contributed by atoms with E-state index in [1.54, 1.807) is 25.2 Å². The largest absolute Gasteiger partial charge is 0.351 e. The third-order valence-electron chi connectivity index (χ3n) is 3.40. The Morgan fingerprint density at radius 2 is 2.00 bits per heavy atom. The predicted molar refractivity (Wildman–Crippen MR) is 89.5 cm³/mol. The highest BCUT2D eigenvalue weighted by Crippen LogP contribution is 2.05. The van der Waals surface area contributed by atoms with Gasteiger partial charge in [-0.15, -0.1) is 0 Å². The van der Waals surface area contributed by atoms with Crippen molar-refractivity contribution in [1.29, 1.82) is 0 Å². The van der Waals surface area contributed by atoms with Crippen LogP contribution in [0.3, 0.4) is 0 Å². The number of carbonyl (C=O) groups is 2. The molecule has 2 N–H and O–H groups in total. The summed E-state index contributed by atoms with van der Waals surface area (Å²) in [5.41, 5.74) is 1.41. The molecule has 0 aliphatic heterocycles. The van der Waals surface area contributed by atoms with Crippen molar-refractivity contribution in [2.75, 3.05) is 27.2 Å². The molecule has 2 amide bonds. The predicted octanol–water partition coefficient (Wildman–Crippen LogP) is 0.0365. The SMILES string of the molecule is CN(C)CCNC(=O)c1cccc(CNC(=O)c2ncnn2C)c1. The van der Waals surface area contributed by atoms with Crippen LogP contribution in [0.5, 0.6) is 0 Å². The van der Waals surface area contributed by atoms with E-state index in [0.717, 1.165) is 12.1 Å². The van der Waals surface area contributed by atoms with Gasteiger partial charge in [-0.05, 0) is 31.8 Å². The highest BCUT2D eigenvalue weighted by Gasteiger charge is 2.12. The van der Waals surface area contributed by atoms with Crippen LogP contribution in [-0.4, -0.2) is 58.7 Å². The van der Waals surface area contributed by atoms with Crippen LogP contribution in [0.2, 0.25) is 0 Å². The van der Waals surface area contributed by atoms with E-state index in [2.05, 4.69) is 20.7 Å². The molecule has 0 aliphatic rings. The van der Waals surface area contributed by atoms with Crippen LogP contribution >= 0.6 is 0 Å². The van der Waals surface area contributed by atoms with Gasteiger partial charge in [0.25, 0.3) is 11.8 Å². The Balaban J connectivity index is 1.91. The monoisotopic (exact) mass is 330 g/mol. The molecule has 128 valence electrons. The number of rotatable bonds is 7. The Morgan fingerprint density at radius 1 is 1.21 bits per heavy atom. The van der Waals surface area contributed by atoms with Gasteiger partial charge in [0.2, 0.25) is 5.82 Å². The van der Waals surface area contributed by atoms with E-state index in [-0.39, 0.29) is 17.6 Å². The average Bonchev–Trinajstić information content (AvgIpc) is 2.98. The highest BCUT2D eigenvalue weighted by molar-refractivity contribution is 5.94. The minimum Gasteiger partial charge on any atom is -0.351 e. The molecule has 2 rings (SSSR count). The molecule has 1 aromatic carbocycles. The quantitative estimate of drug-likeness (QED) is 0.748. The summed E-state index contributed by atoms with van der Waals surface area (Å²) in [6, 6.07) is 7.17. The lowest BCUT2D eigenvalue weighted by Crippen LogP contribution is -2.31. The summed E-state index contributed by atoms with van der Waals surface area (Å²) < 4.78 is 1.41. The van der Waals surface area contributed by atoms with E-state index in [9.17, 15) is 9.59 Å². The van der Waals surface area contributed by atoms with Crippen molar-refractivity contribution < 1.29 is 9.59 Å². The number of aryl methyl sites for hydroxylation is 1. The fraction of sp³-hybridized carbons (Fsp3) is 0.375. The maximum Gasteiger partial charge on any atom is 0.289 e. The minimum absolute atomic E-state index is 0.127. The first kappa shape index (κ1) is 17.6. The zero-order valence-electron chi connectivity index (χ0n) is 14.1. The molecule has 0 saturated heterocycles. The van der Waals surface area contributed by atoms with E-state index in [1.165, 1.54) is 11.0 Å². The second-order valence-corrected chi connectivity index (χ2v) is 5.65. The van der Waals surface area contributed by atoms with Crippen LogP contribution in [0.15, 0.2) is 30.6 Å². The van der Waals surface area contributed by atoms with Crippen molar-refractivity contribution in [2.45, 2.75) is 6.54 Å². The molecule has 2 aromatic rings. The lowest BCUT2D eigenvalue weighted by Gasteiger charge is -2.11. The first-order valence-electron chi connectivity index (χ1n) is 7.61. The fourth-order valence-electron chi connectivity index (χ4n) is 2.08. The van der Waals surface area contributed by atoms with Gasteiger partial charge in [-0.25, -0.2) is 9.67 Å². The molecule has 0 radical (unpaired) electrons. The highest BCUT2D eigenvalue weighted by atomic mass is 16.2. The normalized spacial score (nSPS) is 10.7. The number of amides is 2. The number of benzene rings is 1. The zero-order valence-corrected chi connectivity index (χ0v) is 14.1. The summed E-state index contributed by atoms with van der Waals surface area (Å²) in [5, 5.41) is 9.49. The number of likely N-dealkylation sites (N-methyl/N-ethyl adjacent to an activating group) is 1. The molecule has 1 aromatic heterocycles. The number of aromatic nitrogens is 3. The molecule has 0 bridgehead atoms. The molecule has 8 heteroatoms. The third-order valence-corrected chi connectivity index (χ3v) is 3.40. The molecule has 0 spiro atoms. The van der Waals surface area contributed by atoms with Crippen molar-refractivity contribution in [3.63, 3.8) is 0 Å². The van der Waals surface area contributed by atoms with Gasteiger partial charge >= 0.3 is 0 Å². The van der Waals surface area contributed by atoms with E-state index < -0.39 is 0 Å². The number of carbonyl (C=O) groups excluding carboxylic acids is 2. The summed E-state index contributed by atoms with van der Waals surface area (Å²) in [7, 11) is 5.56. The fourth-order valence-corrected chi connectivity index (χ4v) is 2.08. The van der Waals surface area contributed by atoms with Gasteiger partial charge in [0.05, 0.1) is 0 Å². The molecule has 1 heterocycles. The van der Waals surface area contributed by atoms with E-state index in [1.807, 2.05) is 25.1 Å². The smallest absolute Gasteiger partial charge is 0.289 e. The standard InChI is InChI=1S/C16H22N6O2/c1-21(2)8-7-17-15(23)13-6-4-5-12(9-13)10-18-16(24)14-19-11-20-22(14)3/h4-6,9,11H,7-8,10H2,1-3H3,(H,17,23)(H,18,24). The first-order valence-corrected chi connectivity index (χ1v) is 7.61. The van der Waals surface area contributed by atoms with Gasteiger partial charge in [0, 0.05) is 32.2 Å². The minimum atomic E-state index is -0.309. The average molecular weight is 330 g/mol. The Hall–Kier alpha value is -2.74. The topological polar surface area (TPSA) is 92.2 Å². The molecule has 24 heavy (non-hydrogen) atoms. The zero-order chi connectivity index (χ0) is 17.5. The summed E-state index contributed by atoms with van der Waals surface area (Å²) in [4.78, 5) is 30.0. The summed E-state index contributed by atoms with van der Waals surface area (Å²) in [6.07, 6.45) is 1.33. The Kier molecular flexibility index (Phi) is 6.02. The maximum absolute atomic E-state index is 12.1. The molecule has 0 saturated carbocycles. The molecule has 0 atom stereocenters. The number of hydrogen-bond donors (Lipinski definition) is 2. The second kappa shape index (κ2) is 8.21. The van der Waals surface area contributed by atoms with E-state index >= 15 is 0 Å². The van der Waals surface area contributed by atoms with Crippen LogP contribution in [-0.2, 0) is 13.6 Å². The van der Waals surface area contributed by atoms with E-state index in [0.29, 0.717) is 18.7 Å². The molecule has 0 aliphatic carbocycles. The van der Waals surface area contributed by atoms with Gasteiger partial charge in [-0.1, -0.05) is 12.1 Å². The Labute approximate surface area is 140 Å². The van der Waals surface area contributed by atoms with Gasteiger partial charge < -0.3 is 15.5 Å². The van der Waals surface area contributed by atoms with Crippen molar-refractivity contribution in [3.05, 3.63) is 47.5 Å². The second-order valence-electron chi connectivity index (χ2n) is 5.65. The number of nitrogens with one attached hydrogen (secondary N) is 2. The van der Waals surface area contributed by atoms with Crippen LogP contribution in [0.4, 0.5) is 0 Å². The lowest BCUT2D eigenvalue weighted by molar-refractivity contribution is 0.0934. The van der Waals surface area contributed by atoms with Crippen LogP contribution in [0.1, 0.15) is 26.5 Å². The van der Waals surface area contributed by atoms with Crippen LogP contribution in [0.25, 0.3) is 0 Å². The van der Waals surface area contributed by atoms with Crippen molar-refractivity contribution in [1.82, 2.24) is 30.3 Å². The van der Waals surface area contributed by atoms with Gasteiger partial charge in [0.15, 0.2) is 0 Å². The van der Waals surface area contributed by atoms with Gasteiger partial charge in [0.1, 0.15) is 6.33 Å². The number of hydrogen-bond acceptors (Lipinski definition) is 5. The lowest BCUT2D eigenvalue weighted by atomic mass is 10.1. The first-order chi connectivity index (χ1) is 11.5. The summed E-state index contributed by atoms with van der Waals surface area (Å²) in [6.45, 7) is 1.67. The van der Waals surface area contributed by atoms with Crippen molar-refractivity contribution >= 4 is 11.8 Å². The van der Waals surface area contributed by atoms with Gasteiger partial charge in [-0.3, -0.25) is 9.59 Å².